The van der Waals surface area contributed by atoms with Gasteiger partial charge in [0.25, 0.3) is 0 Å². The van der Waals surface area contributed by atoms with Gasteiger partial charge < -0.3 is 5.73 Å². The molecule has 0 radical (unpaired) electrons. The molecule has 0 amide bonds. The van der Waals surface area contributed by atoms with Gasteiger partial charge in [-0.2, -0.15) is 13.2 Å². The van der Waals surface area contributed by atoms with Crippen molar-refractivity contribution >= 4 is 11.8 Å². The smallest absolute Gasteiger partial charge is 0.323 e. The number of alkyl halides is 3. The van der Waals surface area contributed by atoms with E-state index in [0.29, 0.717) is 11.3 Å². The first-order chi connectivity index (χ1) is 9.47. The molecule has 106 valence electrons. The summed E-state index contributed by atoms with van der Waals surface area (Å²) in [5.74, 6) is 0.533. The van der Waals surface area contributed by atoms with Crippen LogP contribution in [0.5, 0.6) is 0 Å². The van der Waals surface area contributed by atoms with Crippen LogP contribution in [0.25, 0.3) is 0 Å². The normalized spacial score (nSPS) is 13.2. The minimum absolute atomic E-state index is 0.428. The van der Waals surface area contributed by atoms with Crippen LogP contribution in [0.2, 0.25) is 0 Å². The van der Waals surface area contributed by atoms with Crippen LogP contribution in [-0.4, -0.2) is 5.75 Å². The van der Waals surface area contributed by atoms with Crippen molar-refractivity contribution in [1.29, 1.82) is 0 Å². The molecule has 2 N–H and O–H groups in total. The molecule has 0 saturated carbocycles. The van der Waals surface area contributed by atoms with Crippen molar-refractivity contribution in [3.63, 3.8) is 0 Å². The number of rotatable bonds is 4. The molecule has 20 heavy (non-hydrogen) atoms. The third-order valence-corrected chi connectivity index (χ3v) is 3.95. The first-order valence-electron chi connectivity index (χ1n) is 6.07. The zero-order chi connectivity index (χ0) is 14.6. The number of thioether (sulfide) groups is 1. The van der Waals surface area contributed by atoms with Crippen molar-refractivity contribution in [2.24, 2.45) is 5.73 Å². The molecule has 0 bridgehead atoms. The summed E-state index contributed by atoms with van der Waals surface area (Å²) in [5, 5.41) is 0. The molecule has 2 aromatic rings. The van der Waals surface area contributed by atoms with Crippen molar-refractivity contribution in [2.45, 2.75) is 17.1 Å². The zero-order valence-electron chi connectivity index (χ0n) is 10.6. The Morgan fingerprint density at radius 3 is 2.35 bits per heavy atom. The molecular formula is C15H14F3NS. The number of benzene rings is 2. The summed E-state index contributed by atoms with van der Waals surface area (Å²) >= 11 is 1.53. The van der Waals surface area contributed by atoms with E-state index in [0.717, 1.165) is 17.0 Å². The Kier molecular flexibility index (Phi) is 4.73. The lowest BCUT2D eigenvalue weighted by molar-refractivity contribution is -0.137. The summed E-state index contributed by atoms with van der Waals surface area (Å²) < 4.78 is 37.9. The van der Waals surface area contributed by atoms with Crippen molar-refractivity contribution in [2.75, 3.05) is 5.75 Å². The Morgan fingerprint density at radius 1 is 1.00 bits per heavy atom. The molecule has 0 spiro atoms. The van der Waals surface area contributed by atoms with E-state index >= 15 is 0 Å². The molecule has 0 aliphatic rings. The minimum Gasteiger partial charge on any atom is -0.323 e. The van der Waals surface area contributed by atoms with Gasteiger partial charge in [0.2, 0.25) is 0 Å². The summed E-state index contributed by atoms with van der Waals surface area (Å²) in [7, 11) is 0. The molecule has 0 aliphatic carbocycles. The van der Waals surface area contributed by atoms with Crippen LogP contribution in [0.1, 0.15) is 17.2 Å². The Hall–Kier alpha value is -1.46. The molecule has 2 rings (SSSR count). The van der Waals surface area contributed by atoms with E-state index in [-0.39, 0.29) is 0 Å². The molecule has 1 atom stereocenters. The third kappa shape index (κ3) is 4.02. The monoisotopic (exact) mass is 297 g/mol. The first-order valence-corrected chi connectivity index (χ1v) is 7.06. The minimum atomic E-state index is -4.33. The number of hydrogen-bond donors (Lipinski definition) is 1. The van der Waals surface area contributed by atoms with Crippen LogP contribution in [0.4, 0.5) is 13.2 Å². The predicted octanol–water partition coefficient (Wildman–Crippen LogP) is 4.50. The van der Waals surface area contributed by atoms with Crippen molar-refractivity contribution < 1.29 is 13.2 Å². The second-order valence-corrected chi connectivity index (χ2v) is 5.45. The Morgan fingerprint density at radius 2 is 1.70 bits per heavy atom. The highest BCUT2D eigenvalue weighted by Gasteiger charge is 2.30. The van der Waals surface area contributed by atoms with Crippen LogP contribution in [0.3, 0.4) is 0 Å². The van der Waals surface area contributed by atoms with Crippen molar-refractivity contribution in [3.8, 4) is 0 Å². The molecule has 0 saturated heterocycles. The van der Waals surface area contributed by atoms with Gasteiger partial charge in [-0.15, -0.1) is 11.8 Å². The Bertz CT molecular complexity index is 555. The number of nitrogens with two attached hydrogens (primary N) is 1. The average Bonchev–Trinajstić information content (AvgIpc) is 2.45. The lowest BCUT2D eigenvalue weighted by atomic mass is 10.1. The van der Waals surface area contributed by atoms with Gasteiger partial charge in [-0.25, -0.2) is 0 Å². The fraction of sp³-hybridized carbons (Fsp3) is 0.200. The second kappa shape index (κ2) is 6.33. The SMILES string of the molecule is NC(CSc1ccccc1)c1cccc(C(F)(F)F)c1. The van der Waals surface area contributed by atoms with Crippen LogP contribution < -0.4 is 5.73 Å². The molecule has 2 aromatic carbocycles. The average molecular weight is 297 g/mol. The van der Waals surface area contributed by atoms with Crippen molar-refractivity contribution in [1.82, 2.24) is 0 Å². The topological polar surface area (TPSA) is 26.0 Å². The summed E-state index contributed by atoms with van der Waals surface area (Å²) in [6.45, 7) is 0. The van der Waals surface area contributed by atoms with Gasteiger partial charge >= 0.3 is 6.18 Å². The lowest BCUT2D eigenvalue weighted by Crippen LogP contribution is -2.14. The van der Waals surface area contributed by atoms with E-state index < -0.39 is 17.8 Å². The largest absolute Gasteiger partial charge is 0.416 e. The summed E-state index contributed by atoms with van der Waals surface area (Å²) in [5.41, 5.74) is 5.81. The number of halogens is 3. The van der Waals surface area contributed by atoms with Crippen LogP contribution >= 0.6 is 11.8 Å². The highest BCUT2D eigenvalue weighted by atomic mass is 32.2. The maximum atomic E-state index is 12.6. The number of hydrogen-bond acceptors (Lipinski definition) is 2. The van der Waals surface area contributed by atoms with E-state index in [1.54, 1.807) is 6.07 Å². The van der Waals surface area contributed by atoms with Crippen LogP contribution in [0.15, 0.2) is 59.5 Å². The highest BCUT2D eigenvalue weighted by molar-refractivity contribution is 7.99. The standard InChI is InChI=1S/C15H14F3NS/c16-15(17,18)12-6-4-5-11(9-12)14(19)10-20-13-7-2-1-3-8-13/h1-9,14H,10,19H2. The van der Waals surface area contributed by atoms with Gasteiger partial charge in [0, 0.05) is 16.7 Å². The van der Waals surface area contributed by atoms with Gasteiger partial charge in [-0.05, 0) is 29.8 Å². The van der Waals surface area contributed by atoms with E-state index in [1.807, 2.05) is 30.3 Å². The van der Waals surface area contributed by atoms with Gasteiger partial charge in [0.05, 0.1) is 5.56 Å². The Labute approximate surface area is 120 Å². The molecule has 1 nitrogen and oxygen atoms in total. The second-order valence-electron chi connectivity index (χ2n) is 4.35. The fourth-order valence-electron chi connectivity index (χ4n) is 1.74. The summed E-state index contributed by atoms with van der Waals surface area (Å²) in [4.78, 5) is 1.05. The maximum absolute atomic E-state index is 12.6. The molecule has 1 unspecified atom stereocenters. The van der Waals surface area contributed by atoms with Gasteiger partial charge in [0.1, 0.15) is 0 Å². The molecule has 0 aliphatic heterocycles. The molecule has 0 heterocycles. The lowest BCUT2D eigenvalue weighted by Gasteiger charge is -2.14. The quantitative estimate of drug-likeness (QED) is 0.841. The highest BCUT2D eigenvalue weighted by Crippen LogP contribution is 2.31. The van der Waals surface area contributed by atoms with Crippen LogP contribution in [-0.2, 0) is 6.18 Å². The molecule has 0 aromatic heterocycles. The third-order valence-electron chi connectivity index (χ3n) is 2.81. The van der Waals surface area contributed by atoms with Gasteiger partial charge in [0.15, 0.2) is 0 Å². The van der Waals surface area contributed by atoms with Gasteiger partial charge in [-0.3, -0.25) is 0 Å². The molecule has 0 fully saturated rings. The van der Waals surface area contributed by atoms with E-state index in [9.17, 15) is 13.2 Å². The summed E-state index contributed by atoms with van der Waals surface area (Å²) in [6.07, 6.45) is -4.33. The van der Waals surface area contributed by atoms with Crippen LogP contribution in [0, 0.1) is 0 Å². The van der Waals surface area contributed by atoms with Gasteiger partial charge in [-0.1, -0.05) is 30.3 Å². The molecular weight excluding hydrogens is 283 g/mol. The van der Waals surface area contributed by atoms with E-state index in [2.05, 4.69) is 0 Å². The predicted molar refractivity (Wildman–Crippen MR) is 75.5 cm³/mol. The van der Waals surface area contributed by atoms with Crippen molar-refractivity contribution in [3.05, 3.63) is 65.7 Å². The fourth-order valence-corrected chi connectivity index (χ4v) is 2.66. The summed E-state index contributed by atoms with van der Waals surface area (Å²) in [6, 6.07) is 14.4. The van der Waals surface area contributed by atoms with E-state index in [4.69, 9.17) is 5.73 Å². The van der Waals surface area contributed by atoms with E-state index in [1.165, 1.54) is 17.8 Å². The first kappa shape index (κ1) is 14.9. The zero-order valence-corrected chi connectivity index (χ0v) is 11.4. The molecule has 5 heteroatoms. The Balaban J connectivity index is 2.04. The maximum Gasteiger partial charge on any atom is 0.416 e.